The van der Waals surface area contributed by atoms with E-state index in [1.165, 1.54) is 10.6 Å². The van der Waals surface area contributed by atoms with Crippen LogP contribution in [0.5, 0.6) is 0 Å². The van der Waals surface area contributed by atoms with Gasteiger partial charge in [0.05, 0.1) is 5.01 Å². The van der Waals surface area contributed by atoms with Crippen LogP contribution in [0.3, 0.4) is 0 Å². The highest BCUT2D eigenvalue weighted by Crippen LogP contribution is 2.15. The van der Waals surface area contributed by atoms with Crippen LogP contribution in [0.25, 0.3) is 0 Å². The van der Waals surface area contributed by atoms with Crippen LogP contribution in [-0.2, 0) is 12.8 Å². The van der Waals surface area contributed by atoms with E-state index >= 15 is 0 Å². The molecule has 0 bridgehead atoms. The van der Waals surface area contributed by atoms with Crippen LogP contribution < -0.4 is 5.32 Å². The van der Waals surface area contributed by atoms with Crippen molar-refractivity contribution in [1.29, 1.82) is 0 Å². The smallest absolute Gasteiger partial charge is 0.0928 e. The van der Waals surface area contributed by atoms with E-state index in [1.54, 1.807) is 11.3 Å². The van der Waals surface area contributed by atoms with E-state index < -0.39 is 0 Å². The Morgan fingerprint density at radius 2 is 2.06 bits per heavy atom. The van der Waals surface area contributed by atoms with Gasteiger partial charge in [-0.1, -0.05) is 30.3 Å². The van der Waals surface area contributed by atoms with Crippen LogP contribution in [0.4, 0.5) is 0 Å². The molecule has 0 amide bonds. The second kappa shape index (κ2) is 6.52. The SMILES string of the molecule is CNCC(Cc1ccccc1)Cc1nccs1. The molecule has 1 heterocycles. The molecule has 0 aliphatic rings. The number of hydrogen-bond acceptors (Lipinski definition) is 3. The van der Waals surface area contributed by atoms with Gasteiger partial charge in [-0.15, -0.1) is 11.3 Å². The number of aromatic nitrogens is 1. The van der Waals surface area contributed by atoms with Gasteiger partial charge in [-0.2, -0.15) is 0 Å². The lowest BCUT2D eigenvalue weighted by Crippen LogP contribution is -2.22. The fourth-order valence-electron chi connectivity index (χ4n) is 2.05. The van der Waals surface area contributed by atoms with Crippen LogP contribution in [0.1, 0.15) is 10.6 Å². The molecule has 90 valence electrons. The molecule has 0 radical (unpaired) electrons. The summed E-state index contributed by atoms with van der Waals surface area (Å²) >= 11 is 1.75. The van der Waals surface area contributed by atoms with E-state index in [2.05, 4.69) is 40.6 Å². The number of nitrogens with one attached hydrogen (secondary N) is 1. The quantitative estimate of drug-likeness (QED) is 0.848. The van der Waals surface area contributed by atoms with Gasteiger partial charge >= 0.3 is 0 Å². The molecule has 17 heavy (non-hydrogen) atoms. The Balaban J connectivity index is 1.97. The van der Waals surface area contributed by atoms with E-state index in [0.717, 1.165) is 19.4 Å². The summed E-state index contributed by atoms with van der Waals surface area (Å²) in [4.78, 5) is 4.37. The lowest BCUT2D eigenvalue weighted by Gasteiger charge is -2.15. The Hall–Kier alpha value is -1.19. The summed E-state index contributed by atoms with van der Waals surface area (Å²) < 4.78 is 0. The summed E-state index contributed by atoms with van der Waals surface area (Å²) in [5, 5.41) is 6.56. The lowest BCUT2D eigenvalue weighted by molar-refractivity contribution is 0.492. The fourth-order valence-corrected chi connectivity index (χ4v) is 2.79. The molecule has 2 nitrogen and oxygen atoms in total. The van der Waals surface area contributed by atoms with Gasteiger partial charge in [0.1, 0.15) is 0 Å². The molecule has 3 heteroatoms. The highest BCUT2D eigenvalue weighted by atomic mass is 32.1. The molecule has 1 atom stereocenters. The number of hydrogen-bond donors (Lipinski definition) is 1. The van der Waals surface area contributed by atoms with Crippen molar-refractivity contribution < 1.29 is 0 Å². The number of nitrogens with zero attached hydrogens (tertiary/aromatic N) is 1. The predicted octanol–water partition coefficient (Wildman–Crippen LogP) is 2.76. The third-order valence-electron chi connectivity index (χ3n) is 2.81. The molecule has 1 aromatic heterocycles. The molecule has 1 unspecified atom stereocenters. The maximum absolute atomic E-state index is 4.37. The van der Waals surface area contributed by atoms with Gasteiger partial charge < -0.3 is 5.32 Å². The summed E-state index contributed by atoms with van der Waals surface area (Å²) in [6.45, 7) is 1.04. The molecule has 1 N–H and O–H groups in total. The lowest BCUT2D eigenvalue weighted by atomic mass is 9.96. The van der Waals surface area contributed by atoms with Crippen molar-refractivity contribution in [3.05, 3.63) is 52.5 Å². The zero-order valence-electron chi connectivity index (χ0n) is 10.1. The fraction of sp³-hybridized carbons (Fsp3) is 0.357. The Morgan fingerprint density at radius 1 is 1.24 bits per heavy atom. The standard InChI is InChI=1S/C14H18N2S/c1-15-11-13(10-14-16-7-8-17-14)9-12-5-3-2-4-6-12/h2-8,13,15H,9-11H2,1H3. The first-order chi connectivity index (χ1) is 8.38. The third kappa shape index (κ3) is 3.95. The molecule has 0 aliphatic heterocycles. The molecular formula is C14H18N2S. The van der Waals surface area contributed by atoms with E-state index in [4.69, 9.17) is 0 Å². The van der Waals surface area contributed by atoms with Gasteiger partial charge in [-0.25, -0.2) is 4.98 Å². The van der Waals surface area contributed by atoms with Gasteiger partial charge in [0.15, 0.2) is 0 Å². The van der Waals surface area contributed by atoms with E-state index in [9.17, 15) is 0 Å². The average Bonchev–Trinajstić information content (AvgIpc) is 2.83. The predicted molar refractivity (Wildman–Crippen MR) is 73.4 cm³/mol. The van der Waals surface area contributed by atoms with E-state index in [-0.39, 0.29) is 0 Å². The van der Waals surface area contributed by atoms with Gasteiger partial charge in [0.25, 0.3) is 0 Å². The van der Waals surface area contributed by atoms with Crippen LogP contribution in [0.15, 0.2) is 41.9 Å². The van der Waals surface area contributed by atoms with Gasteiger partial charge in [0, 0.05) is 18.0 Å². The van der Waals surface area contributed by atoms with E-state index in [0.29, 0.717) is 5.92 Å². The minimum absolute atomic E-state index is 0.619. The van der Waals surface area contributed by atoms with Crippen LogP contribution in [0, 0.1) is 5.92 Å². The molecule has 0 aliphatic carbocycles. The maximum atomic E-state index is 4.37. The van der Waals surface area contributed by atoms with Crippen LogP contribution >= 0.6 is 11.3 Å². The second-order valence-electron chi connectivity index (χ2n) is 4.24. The van der Waals surface area contributed by atoms with Crippen LogP contribution in [-0.4, -0.2) is 18.6 Å². The van der Waals surface area contributed by atoms with Crippen molar-refractivity contribution in [3.63, 3.8) is 0 Å². The maximum Gasteiger partial charge on any atom is 0.0928 e. The largest absolute Gasteiger partial charge is 0.319 e. The second-order valence-corrected chi connectivity index (χ2v) is 5.22. The molecule has 2 aromatic rings. The Labute approximate surface area is 107 Å². The summed E-state index contributed by atoms with van der Waals surface area (Å²) in [6.07, 6.45) is 4.06. The van der Waals surface area contributed by atoms with Crippen molar-refractivity contribution in [3.8, 4) is 0 Å². The van der Waals surface area contributed by atoms with Crippen molar-refractivity contribution in [2.45, 2.75) is 12.8 Å². The molecular weight excluding hydrogens is 228 g/mol. The minimum atomic E-state index is 0.619. The monoisotopic (exact) mass is 246 g/mol. The molecule has 0 saturated carbocycles. The van der Waals surface area contributed by atoms with Crippen LogP contribution in [0.2, 0.25) is 0 Å². The summed E-state index contributed by atoms with van der Waals surface area (Å²) in [7, 11) is 2.01. The van der Waals surface area contributed by atoms with Crippen molar-refractivity contribution >= 4 is 11.3 Å². The molecule has 0 spiro atoms. The number of benzene rings is 1. The van der Waals surface area contributed by atoms with Gasteiger partial charge in [0.2, 0.25) is 0 Å². The highest BCUT2D eigenvalue weighted by molar-refractivity contribution is 7.09. The minimum Gasteiger partial charge on any atom is -0.319 e. The zero-order chi connectivity index (χ0) is 11.9. The van der Waals surface area contributed by atoms with Crippen molar-refractivity contribution in [2.75, 3.05) is 13.6 Å². The molecule has 0 fully saturated rings. The first kappa shape index (κ1) is 12.3. The number of rotatable bonds is 6. The first-order valence-corrected chi connectivity index (χ1v) is 6.83. The first-order valence-electron chi connectivity index (χ1n) is 5.95. The topological polar surface area (TPSA) is 24.9 Å². The molecule has 2 rings (SSSR count). The summed E-state index contributed by atoms with van der Waals surface area (Å²) in [6, 6.07) is 10.7. The zero-order valence-corrected chi connectivity index (χ0v) is 10.9. The number of thiazole rings is 1. The summed E-state index contributed by atoms with van der Waals surface area (Å²) in [5.74, 6) is 0.619. The molecule has 1 aromatic carbocycles. The third-order valence-corrected chi connectivity index (χ3v) is 3.61. The van der Waals surface area contributed by atoms with Crippen molar-refractivity contribution in [2.24, 2.45) is 5.92 Å². The molecule has 0 saturated heterocycles. The average molecular weight is 246 g/mol. The normalized spacial score (nSPS) is 12.5. The summed E-state index contributed by atoms with van der Waals surface area (Å²) in [5.41, 5.74) is 1.41. The Kier molecular flexibility index (Phi) is 4.71. The van der Waals surface area contributed by atoms with Gasteiger partial charge in [-0.05, 0) is 31.5 Å². The van der Waals surface area contributed by atoms with Gasteiger partial charge in [-0.3, -0.25) is 0 Å². The Bertz CT molecular complexity index is 411. The van der Waals surface area contributed by atoms with E-state index in [1.807, 2.05) is 18.6 Å². The highest BCUT2D eigenvalue weighted by Gasteiger charge is 2.11. The van der Waals surface area contributed by atoms with Crippen molar-refractivity contribution in [1.82, 2.24) is 10.3 Å². The Morgan fingerprint density at radius 3 is 2.71 bits per heavy atom.